The minimum absolute atomic E-state index is 0.118. The standard InChI is InChI=1S/C19H22N2O3/c1-4-14-9-7-8-13(2)18(14)20-12-17(22)21-16-11-6-5-10-15(16)19(23)24-3/h5-11,20H,4,12H2,1-3H3,(H,21,22). The number of hydrogen-bond acceptors (Lipinski definition) is 4. The summed E-state index contributed by atoms with van der Waals surface area (Å²) < 4.78 is 4.73. The van der Waals surface area contributed by atoms with Crippen molar-refractivity contribution >= 4 is 23.3 Å². The highest BCUT2D eigenvalue weighted by atomic mass is 16.5. The van der Waals surface area contributed by atoms with Gasteiger partial charge in [-0.1, -0.05) is 37.3 Å². The molecular formula is C19H22N2O3. The van der Waals surface area contributed by atoms with Gasteiger partial charge in [-0.2, -0.15) is 0 Å². The Morgan fingerprint density at radius 1 is 1.08 bits per heavy atom. The number of anilines is 2. The van der Waals surface area contributed by atoms with Crippen molar-refractivity contribution in [3.63, 3.8) is 0 Å². The van der Waals surface area contributed by atoms with Crippen LogP contribution in [0.15, 0.2) is 42.5 Å². The number of carbonyl (C=O) groups is 2. The van der Waals surface area contributed by atoms with E-state index >= 15 is 0 Å². The average Bonchev–Trinajstić information content (AvgIpc) is 2.60. The SMILES string of the molecule is CCc1cccc(C)c1NCC(=O)Nc1ccccc1C(=O)OC. The van der Waals surface area contributed by atoms with Crippen LogP contribution in [0.25, 0.3) is 0 Å². The lowest BCUT2D eigenvalue weighted by Gasteiger charge is -2.14. The number of hydrogen-bond donors (Lipinski definition) is 2. The van der Waals surface area contributed by atoms with Gasteiger partial charge in [-0.05, 0) is 36.6 Å². The van der Waals surface area contributed by atoms with Crippen LogP contribution < -0.4 is 10.6 Å². The summed E-state index contributed by atoms with van der Waals surface area (Å²) in [5.74, 6) is -0.706. The molecule has 0 saturated carbocycles. The van der Waals surface area contributed by atoms with Gasteiger partial charge in [-0.15, -0.1) is 0 Å². The number of para-hydroxylation sites is 2. The van der Waals surface area contributed by atoms with Gasteiger partial charge in [0.25, 0.3) is 0 Å². The Labute approximate surface area is 142 Å². The Morgan fingerprint density at radius 3 is 2.54 bits per heavy atom. The summed E-state index contributed by atoms with van der Waals surface area (Å²) in [6, 6.07) is 12.8. The van der Waals surface area contributed by atoms with Crippen LogP contribution in [-0.2, 0) is 16.0 Å². The zero-order chi connectivity index (χ0) is 17.5. The lowest BCUT2D eigenvalue weighted by Crippen LogP contribution is -2.23. The summed E-state index contributed by atoms with van der Waals surface area (Å²) >= 11 is 0. The van der Waals surface area contributed by atoms with Crippen molar-refractivity contribution in [1.29, 1.82) is 0 Å². The lowest BCUT2D eigenvalue weighted by molar-refractivity contribution is -0.114. The van der Waals surface area contributed by atoms with E-state index in [0.29, 0.717) is 11.3 Å². The van der Waals surface area contributed by atoms with Crippen LogP contribution in [0.3, 0.4) is 0 Å². The third-order valence-electron chi connectivity index (χ3n) is 3.77. The molecule has 2 rings (SSSR count). The van der Waals surface area contributed by atoms with Crippen molar-refractivity contribution in [3.05, 3.63) is 59.2 Å². The molecule has 1 amide bonds. The highest BCUT2D eigenvalue weighted by molar-refractivity contribution is 6.02. The van der Waals surface area contributed by atoms with Gasteiger partial charge in [-0.25, -0.2) is 4.79 Å². The van der Waals surface area contributed by atoms with Crippen LogP contribution >= 0.6 is 0 Å². The molecule has 2 aromatic carbocycles. The zero-order valence-electron chi connectivity index (χ0n) is 14.2. The molecule has 0 unspecified atom stereocenters. The van der Waals surface area contributed by atoms with E-state index in [1.54, 1.807) is 24.3 Å². The van der Waals surface area contributed by atoms with Crippen molar-refractivity contribution < 1.29 is 14.3 Å². The minimum Gasteiger partial charge on any atom is -0.465 e. The van der Waals surface area contributed by atoms with Gasteiger partial charge in [0.15, 0.2) is 0 Å². The Kier molecular flexibility index (Phi) is 5.95. The summed E-state index contributed by atoms with van der Waals surface area (Å²) in [4.78, 5) is 24.0. The van der Waals surface area contributed by atoms with E-state index in [0.717, 1.165) is 23.2 Å². The molecule has 0 bridgehead atoms. The predicted octanol–water partition coefficient (Wildman–Crippen LogP) is 3.39. The van der Waals surface area contributed by atoms with Crippen molar-refractivity contribution in [2.24, 2.45) is 0 Å². The van der Waals surface area contributed by atoms with Gasteiger partial charge in [0.2, 0.25) is 5.91 Å². The molecule has 0 aromatic heterocycles. The number of nitrogens with one attached hydrogen (secondary N) is 2. The topological polar surface area (TPSA) is 67.4 Å². The molecular weight excluding hydrogens is 304 g/mol. The molecule has 0 aliphatic heterocycles. The summed E-state index contributed by atoms with van der Waals surface area (Å²) in [6.45, 7) is 4.20. The quantitative estimate of drug-likeness (QED) is 0.799. The van der Waals surface area contributed by atoms with E-state index in [4.69, 9.17) is 4.74 Å². The Bertz CT molecular complexity index is 741. The minimum atomic E-state index is -0.481. The fraction of sp³-hybridized carbons (Fsp3) is 0.263. The van der Waals surface area contributed by atoms with E-state index in [1.165, 1.54) is 7.11 Å². The van der Waals surface area contributed by atoms with Crippen LogP contribution in [-0.4, -0.2) is 25.5 Å². The molecule has 0 atom stereocenters. The fourth-order valence-electron chi connectivity index (χ4n) is 2.52. The first kappa shape index (κ1) is 17.5. The maximum atomic E-state index is 12.2. The first-order chi connectivity index (χ1) is 11.6. The van der Waals surface area contributed by atoms with E-state index in [2.05, 4.69) is 17.6 Å². The first-order valence-electron chi connectivity index (χ1n) is 7.86. The van der Waals surface area contributed by atoms with Crippen molar-refractivity contribution in [2.45, 2.75) is 20.3 Å². The van der Waals surface area contributed by atoms with Crippen molar-refractivity contribution in [1.82, 2.24) is 0 Å². The first-order valence-corrected chi connectivity index (χ1v) is 7.86. The van der Waals surface area contributed by atoms with E-state index in [1.807, 2.05) is 25.1 Å². The third kappa shape index (κ3) is 4.13. The Morgan fingerprint density at radius 2 is 1.83 bits per heavy atom. The predicted molar refractivity (Wildman–Crippen MR) is 95.5 cm³/mol. The monoisotopic (exact) mass is 326 g/mol. The van der Waals surface area contributed by atoms with E-state index < -0.39 is 5.97 Å². The molecule has 0 aliphatic carbocycles. The molecule has 126 valence electrons. The van der Waals surface area contributed by atoms with Crippen LogP contribution in [0.1, 0.15) is 28.4 Å². The summed E-state index contributed by atoms with van der Waals surface area (Å²) in [5.41, 5.74) is 4.02. The summed E-state index contributed by atoms with van der Waals surface area (Å²) in [7, 11) is 1.31. The van der Waals surface area contributed by atoms with Gasteiger partial charge >= 0.3 is 5.97 Å². The molecule has 5 nitrogen and oxygen atoms in total. The highest BCUT2D eigenvalue weighted by Gasteiger charge is 2.13. The van der Waals surface area contributed by atoms with Gasteiger partial charge in [0.05, 0.1) is 24.9 Å². The van der Waals surface area contributed by atoms with Crippen LogP contribution in [0, 0.1) is 6.92 Å². The number of rotatable bonds is 6. The molecule has 0 heterocycles. The number of aryl methyl sites for hydroxylation is 2. The summed E-state index contributed by atoms with van der Waals surface area (Å²) in [6.07, 6.45) is 0.886. The molecule has 5 heteroatoms. The number of benzene rings is 2. The number of ether oxygens (including phenoxy) is 1. The van der Waals surface area contributed by atoms with Crippen LogP contribution in [0.4, 0.5) is 11.4 Å². The largest absolute Gasteiger partial charge is 0.465 e. The second kappa shape index (κ2) is 8.15. The van der Waals surface area contributed by atoms with Crippen LogP contribution in [0.5, 0.6) is 0 Å². The molecule has 0 aliphatic rings. The van der Waals surface area contributed by atoms with E-state index in [-0.39, 0.29) is 12.5 Å². The molecule has 0 saturated heterocycles. The molecule has 2 N–H and O–H groups in total. The van der Waals surface area contributed by atoms with Crippen molar-refractivity contribution in [2.75, 3.05) is 24.3 Å². The molecule has 0 fully saturated rings. The zero-order valence-corrected chi connectivity index (χ0v) is 14.2. The van der Waals surface area contributed by atoms with E-state index in [9.17, 15) is 9.59 Å². The molecule has 2 aromatic rings. The third-order valence-corrected chi connectivity index (χ3v) is 3.77. The van der Waals surface area contributed by atoms with Crippen LogP contribution in [0.2, 0.25) is 0 Å². The number of methoxy groups -OCH3 is 1. The van der Waals surface area contributed by atoms with Gasteiger partial charge < -0.3 is 15.4 Å². The van der Waals surface area contributed by atoms with Crippen molar-refractivity contribution in [3.8, 4) is 0 Å². The van der Waals surface area contributed by atoms with Gasteiger partial charge in [0, 0.05) is 5.69 Å². The normalized spacial score (nSPS) is 10.1. The number of carbonyl (C=O) groups excluding carboxylic acids is 2. The molecule has 0 radical (unpaired) electrons. The van der Waals surface area contributed by atoms with Gasteiger partial charge in [-0.3, -0.25) is 4.79 Å². The Balaban J connectivity index is 2.07. The summed E-state index contributed by atoms with van der Waals surface area (Å²) in [5, 5.41) is 5.94. The molecule has 24 heavy (non-hydrogen) atoms. The lowest BCUT2D eigenvalue weighted by atomic mass is 10.1. The number of esters is 1. The highest BCUT2D eigenvalue weighted by Crippen LogP contribution is 2.21. The van der Waals surface area contributed by atoms with Gasteiger partial charge in [0.1, 0.15) is 0 Å². The Hall–Kier alpha value is -2.82. The fourth-order valence-corrected chi connectivity index (χ4v) is 2.52. The average molecular weight is 326 g/mol. The second-order valence-corrected chi connectivity index (χ2v) is 5.40. The number of amides is 1. The molecule has 0 spiro atoms. The maximum absolute atomic E-state index is 12.2. The second-order valence-electron chi connectivity index (χ2n) is 5.40. The smallest absolute Gasteiger partial charge is 0.339 e. The maximum Gasteiger partial charge on any atom is 0.339 e.